The average Bonchev–Trinajstić information content (AvgIpc) is 2.48. The number of aliphatic hydroxyl groups excluding tert-OH is 1. The van der Waals surface area contributed by atoms with Gasteiger partial charge in [0.05, 0.1) is 6.61 Å². The molecule has 2 rings (SSSR count). The van der Waals surface area contributed by atoms with Gasteiger partial charge in [-0.15, -0.1) is 0 Å². The van der Waals surface area contributed by atoms with Gasteiger partial charge in [-0.2, -0.15) is 0 Å². The summed E-state index contributed by atoms with van der Waals surface area (Å²) in [6.07, 6.45) is 0. The summed E-state index contributed by atoms with van der Waals surface area (Å²) in [6.45, 7) is -0.376. The van der Waals surface area contributed by atoms with Crippen molar-refractivity contribution in [2.75, 3.05) is 19.0 Å². The molecule has 0 heterocycles. The SMILES string of the molecule is COCC(=O)Nc1cccc(-c2ccc(F)c(CO)c2)c1. The van der Waals surface area contributed by atoms with E-state index < -0.39 is 5.82 Å². The molecule has 4 nitrogen and oxygen atoms in total. The van der Waals surface area contributed by atoms with E-state index in [2.05, 4.69) is 5.32 Å². The third-order valence-electron chi connectivity index (χ3n) is 2.97. The highest BCUT2D eigenvalue weighted by atomic mass is 19.1. The van der Waals surface area contributed by atoms with Crippen molar-refractivity contribution in [2.24, 2.45) is 0 Å². The number of benzene rings is 2. The van der Waals surface area contributed by atoms with Gasteiger partial charge in [-0.1, -0.05) is 18.2 Å². The fourth-order valence-corrected chi connectivity index (χ4v) is 1.98. The van der Waals surface area contributed by atoms with Crippen LogP contribution in [0.4, 0.5) is 10.1 Å². The first kappa shape index (κ1) is 15.2. The highest BCUT2D eigenvalue weighted by Gasteiger charge is 2.06. The number of nitrogens with one attached hydrogen (secondary N) is 1. The van der Waals surface area contributed by atoms with Gasteiger partial charge in [0.15, 0.2) is 0 Å². The number of ether oxygens (including phenoxy) is 1. The van der Waals surface area contributed by atoms with Gasteiger partial charge in [0.2, 0.25) is 5.91 Å². The van der Waals surface area contributed by atoms with E-state index in [9.17, 15) is 9.18 Å². The zero-order valence-corrected chi connectivity index (χ0v) is 11.6. The summed E-state index contributed by atoms with van der Waals surface area (Å²) in [5.74, 6) is -0.685. The second-order valence-electron chi connectivity index (χ2n) is 4.53. The first-order valence-corrected chi connectivity index (χ1v) is 6.42. The molecule has 0 spiro atoms. The standard InChI is InChI=1S/C16H16FNO3/c1-21-10-16(20)18-14-4-2-3-11(8-14)12-5-6-15(17)13(7-12)9-19/h2-8,19H,9-10H2,1H3,(H,18,20). The van der Waals surface area contributed by atoms with E-state index in [0.29, 0.717) is 5.69 Å². The summed E-state index contributed by atoms with van der Waals surface area (Å²) in [7, 11) is 1.45. The highest BCUT2D eigenvalue weighted by Crippen LogP contribution is 2.24. The number of rotatable bonds is 5. The Balaban J connectivity index is 2.26. The Hall–Kier alpha value is -2.24. The van der Waals surface area contributed by atoms with Crippen molar-refractivity contribution in [3.63, 3.8) is 0 Å². The van der Waals surface area contributed by atoms with Crippen LogP contribution in [0.1, 0.15) is 5.56 Å². The van der Waals surface area contributed by atoms with E-state index >= 15 is 0 Å². The molecule has 0 saturated carbocycles. The Labute approximate surface area is 122 Å². The van der Waals surface area contributed by atoms with Crippen LogP contribution in [0.15, 0.2) is 42.5 Å². The Morgan fingerprint density at radius 3 is 2.71 bits per heavy atom. The lowest BCUT2D eigenvalue weighted by Gasteiger charge is -2.09. The summed E-state index contributed by atoms with van der Waals surface area (Å²) >= 11 is 0. The van der Waals surface area contributed by atoms with E-state index in [1.165, 1.54) is 13.2 Å². The Morgan fingerprint density at radius 2 is 2.00 bits per heavy atom. The Kier molecular flexibility index (Phi) is 5.03. The average molecular weight is 289 g/mol. The first-order valence-electron chi connectivity index (χ1n) is 6.42. The Morgan fingerprint density at radius 1 is 1.24 bits per heavy atom. The van der Waals surface area contributed by atoms with Crippen LogP contribution in [-0.2, 0) is 16.1 Å². The maximum absolute atomic E-state index is 13.4. The molecule has 2 N–H and O–H groups in total. The molecule has 0 radical (unpaired) electrons. The zero-order valence-electron chi connectivity index (χ0n) is 11.6. The normalized spacial score (nSPS) is 10.4. The number of carbonyl (C=O) groups excluding carboxylic acids is 1. The third-order valence-corrected chi connectivity index (χ3v) is 2.97. The van der Waals surface area contributed by atoms with Crippen LogP contribution >= 0.6 is 0 Å². The molecule has 0 aliphatic carbocycles. The lowest BCUT2D eigenvalue weighted by molar-refractivity contribution is -0.119. The molecule has 2 aromatic rings. The maximum atomic E-state index is 13.4. The van der Waals surface area contributed by atoms with Crippen molar-refractivity contribution >= 4 is 11.6 Å². The van der Waals surface area contributed by atoms with Gasteiger partial charge in [-0.3, -0.25) is 4.79 Å². The molecular weight excluding hydrogens is 273 g/mol. The van der Waals surface area contributed by atoms with E-state index in [4.69, 9.17) is 9.84 Å². The van der Waals surface area contributed by atoms with Crippen molar-refractivity contribution < 1.29 is 19.0 Å². The number of halogens is 1. The second-order valence-corrected chi connectivity index (χ2v) is 4.53. The van der Waals surface area contributed by atoms with E-state index in [1.54, 1.807) is 30.3 Å². The van der Waals surface area contributed by atoms with Crippen molar-refractivity contribution in [1.82, 2.24) is 0 Å². The topological polar surface area (TPSA) is 58.6 Å². The lowest BCUT2D eigenvalue weighted by Crippen LogP contribution is -2.16. The van der Waals surface area contributed by atoms with Crippen molar-refractivity contribution in [3.05, 3.63) is 53.8 Å². The van der Waals surface area contributed by atoms with Crippen molar-refractivity contribution in [1.29, 1.82) is 0 Å². The van der Waals surface area contributed by atoms with E-state index in [1.807, 2.05) is 6.07 Å². The predicted molar refractivity (Wildman–Crippen MR) is 78.3 cm³/mol. The summed E-state index contributed by atoms with van der Waals surface area (Å²) in [6, 6.07) is 11.7. The van der Waals surface area contributed by atoms with Crippen LogP contribution in [0.25, 0.3) is 11.1 Å². The third kappa shape index (κ3) is 3.87. The molecule has 5 heteroatoms. The number of amides is 1. The molecule has 0 fully saturated rings. The summed E-state index contributed by atoms with van der Waals surface area (Å²) in [5, 5.41) is 11.8. The molecule has 0 atom stereocenters. The van der Waals surface area contributed by atoms with Gasteiger partial charge >= 0.3 is 0 Å². The predicted octanol–water partition coefficient (Wildman–Crippen LogP) is 2.57. The zero-order chi connectivity index (χ0) is 15.2. The second kappa shape index (κ2) is 6.97. The largest absolute Gasteiger partial charge is 0.392 e. The molecule has 0 bridgehead atoms. The molecule has 0 unspecified atom stereocenters. The molecule has 21 heavy (non-hydrogen) atoms. The molecule has 2 aromatic carbocycles. The maximum Gasteiger partial charge on any atom is 0.250 e. The quantitative estimate of drug-likeness (QED) is 0.889. The fourth-order valence-electron chi connectivity index (χ4n) is 1.98. The first-order chi connectivity index (χ1) is 10.1. The van der Waals surface area contributed by atoms with Crippen LogP contribution in [0.3, 0.4) is 0 Å². The summed E-state index contributed by atoms with van der Waals surface area (Å²) in [5.41, 5.74) is 2.45. The van der Waals surface area contributed by atoms with Crippen LogP contribution in [-0.4, -0.2) is 24.7 Å². The molecule has 0 saturated heterocycles. The molecule has 0 aliphatic rings. The van der Waals surface area contributed by atoms with Crippen LogP contribution < -0.4 is 5.32 Å². The monoisotopic (exact) mass is 289 g/mol. The minimum absolute atomic E-state index is 0.0184. The highest BCUT2D eigenvalue weighted by molar-refractivity contribution is 5.92. The number of aliphatic hydroxyl groups is 1. The fraction of sp³-hybridized carbons (Fsp3) is 0.188. The summed E-state index contributed by atoms with van der Waals surface area (Å²) < 4.78 is 18.1. The van der Waals surface area contributed by atoms with E-state index in [0.717, 1.165) is 11.1 Å². The number of carbonyl (C=O) groups is 1. The van der Waals surface area contributed by atoms with Gasteiger partial charge < -0.3 is 15.2 Å². The minimum Gasteiger partial charge on any atom is -0.392 e. The number of hydrogen-bond acceptors (Lipinski definition) is 3. The van der Waals surface area contributed by atoms with Crippen LogP contribution in [0.2, 0.25) is 0 Å². The molecule has 0 aliphatic heterocycles. The van der Waals surface area contributed by atoms with Gasteiger partial charge in [-0.05, 0) is 35.4 Å². The molecule has 110 valence electrons. The van der Waals surface area contributed by atoms with Gasteiger partial charge in [0.1, 0.15) is 12.4 Å². The number of anilines is 1. The number of hydrogen-bond donors (Lipinski definition) is 2. The minimum atomic E-state index is -0.439. The van der Waals surface area contributed by atoms with Gasteiger partial charge in [-0.25, -0.2) is 4.39 Å². The van der Waals surface area contributed by atoms with Gasteiger partial charge in [0.25, 0.3) is 0 Å². The lowest BCUT2D eigenvalue weighted by atomic mass is 10.0. The summed E-state index contributed by atoms with van der Waals surface area (Å²) in [4.78, 5) is 11.5. The van der Waals surface area contributed by atoms with Crippen LogP contribution in [0.5, 0.6) is 0 Å². The van der Waals surface area contributed by atoms with Crippen molar-refractivity contribution in [3.8, 4) is 11.1 Å². The Bertz CT molecular complexity index is 643. The van der Waals surface area contributed by atoms with Gasteiger partial charge in [0, 0.05) is 18.4 Å². The molecular formula is C16H16FNO3. The molecule has 0 aromatic heterocycles. The smallest absolute Gasteiger partial charge is 0.250 e. The van der Waals surface area contributed by atoms with Crippen molar-refractivity contribution in [2.45, 2.75) is 6.61 Å². The van der Waals surface area contributed by atoms with E-state index in [-0.39, 0.29) is 24.7 Å². The number of methoxy groups -OCH3 is 1. The molecule has 1 amide bonds. The van der Waals surface area contributed by atoms with Crippen LogP contribution in [0, 0.1) is 5.82 Å².